The van der Waals surface area contributed by atoms with Crippen LogP contribution < -0.4 is 5.73 Å². The van der Waals surface area contributed by atoms with Gasteiger partial charge in [0.05, 0.1) is 12.6 Å². The molecular formula is C11H15F2NO. The van der Waals surface area contributed by atoms with Crippen molar-refractivity contribution in [2.75, 3.05) is 13.2 Å². The molecule has 0 heterocycles. The van der Waals surface area contributed by atoms with E-state index < -0.39 is 17.7 Å². The van der Waals surface area contributed by atoms with E-state index in [1.54, 1.807) is 0 Å². The summed E-state index contributed by atoms with van der Waals surface area (Å²) in [4.78, 5) is 0. The summed E-state index contributed by atoms with van der Waals surface area (Å²) >= 11 is 0. The lowest BCUT2D eigenvalue weighted by atomic mass is 10.1. The van der Waals surface area contributed by atoms with Gasteiger partial charge in [0.1, 0.15) is 0 Å². The van der Waals surface area contributed by atoms with E-state index in [1.165, 1.54) is 12.1 Å². The molecule has 1 aromatic rings. The van der Waals surface area contributed by atoms with E-state index in [9.17, 15) is 8.78 Å². The van der Waals surface area contributed by atoms with Crippen LogP contribution in [0.3, 0.4) is 0 Å². The molecule has 0 fully saturated rings. The Hall–Kier alpha value is -1.00. The number of halogens is 2. The normalized spacial score (nSPS) is 12.8. The first kappa shape index (κ1) is 12.1. The van der Waals surface area contributed by atoms with Crippen molar-refractivity contribution in [1.29, 1.82) is 0 Å². The third-order valence-corrected chi connectivity index (χ3v) is 2.03. The fourth-order valence-electron chi connectivity index (χ4n) is 1.25. The minimum absolute atomic E-state index is 0.158. The summed E-state index contributed by atoms with van der Waals surface area (Å²) in [6.45, 7) is 2.74. The predicted octanol–water partition coefficient (Wildman–Crippen LogP) is 2.39. The summed E-state index contributed by atoms with van der Waals surface area (Å²) < 4.78 is 31.3. The van der Waals surface area contributed by atoms with Crippen molar-refractivity contribution in [3.8, 4) is 0 Å². The summed E-state index contributed by atoms with van der Waals surface area (Å²) in [6, 6.07) is 3.36. The minimum atomic E-state index is -0.884. The monoisotopic (exact) mass is 215 g/mol. The second kappa shape index (κ2) is 5.78. The molecule has 2 N–H and O–H groups in total. The average Bonchev–Trinajstić information content (AvgIpc) is 2.22. The molecule has 84 valence electrons. The largest absolute Gasteiger partial charge is 0.379 e. The van der Waals surface area contributed by atoms with Crippen molar-refractivity contribution in [1.82, 2.24) is 0 Å². The van der Waals surface area contributed by atoms with Crippen molar-refractivity contribution in [3.63, 3.8) is 0 Å². The number of rotatable bonds is 5. The van der Waals surface area contributed by atoms with Crippen LogP contribution in [0.4, 0.5) is 8.78 Å². The summed E-state index contributed by atoms with van der Waals surface area (Å²) in [5.41, 5.74) is 5.83. The first-order valence-electron chi connectivity index (χ1n) is 4.94. The van der Waals surface area contributed by atoms with E-state index in [2.05, 4.69) is 0 Å². The molecule has 1 rings (SSSR count). The van der Waals surface area contributed by atoms with E-state index in [1.807, 2.05) is 6.92 Å². The van der Waals surface area contributed by atoms with Gasteiger partial charge in [0.25, 0.3) is 0 Å². The Bertz CT molecular complexity index is 317. The van der Waals surface area contributed by atoms with Crippen LogP contribution in [0.1, 0.15) is 24.9 Å². The van der Waals surface area contributed by atoms with Crippen molar-refractivity contribution in [2.45, 2.75) is 19.4 Å². The van der Waals surface area contributed by atoms with Gasteiger partial charge in [0.15, 0.2) is 11.6 Å². The Balaban J connectivity index is 2.65. The fourth-order valence-corrected chi connectivity index (χ4v) is 1.25. The highest BCUT2D eigenvalue weighted by molar-refractivity contribution is 5.22. The highest BCUT2D eigenvalue weighted by Gasteiger charge is 2.14. The van der Waals surface area contributed by atoms with Crippen LogP contribution in [0.2, 0.25) is 0 Å². The van der Waals surface area contributed by atoms with Gasteiger partial charge in [0.2, 0.25) is 0 Å². The molecule has 1 atom stereocenters. The zero-order chi connectivity index (χ0) is 11.3. The highest BCUT2D eigenvalue weighted by Crippen LogP contribution is 2.17. The van der Waals surface area contributed by atoms with Crippen LogP contribution >= 0.6 is 0 Å². The molecular weight excluding hydrogens is 200 g/mol. The van der Waals surface area contributed by atoms with Gasteiger partial charge < -0.3 is 10.5 Å². The van der Waals surface area contributed by atoms with Gasteiger partial charge in [-0.2, -0.15) is 0 Å². The van der Waals surface area contributed by atoms with Crippen LogP contribution in [0.5, 0.6) is 0 Å². The molecule has 1 unspecified atom stereocenters. The lowest BCUT2D eigenvalue weighted by Gasteiger charge is -2.13. The second-order valence-electron chi connectivity index (χ2n) is 3.32. The van der Waals surface area contributed by atoms with E-state index in [0.717, 1.165) is 12.5 Å². The van der Waals surface area contributed by atoms with Crippen LogP contribution in [0.15, 0.2) is 18.2 Å². The molecule has 0 aliphatic rings. The van der Waals surface area contributed by atoms with Crippen LogP contribution in [0.25, 0.3) is 0 Å². The first-order valence-corrected chi connectivity index (χ1v) is 4.94. The van der Waals surface area contributed by atoms with E-state index in [0.29, 0.717) is 6.61 Å². The molecule has 0 aliphatic heterocycles. The molecule has 0 bridgehead atoms. The quantitative estimate of drug-likeness (QED) is 0.765. The highest BCUT2D eigenvalue weighted by atomic mass is 19.2. The van der Waals surface area contributed by atoms with Gasteiger partial charge in [0, 0.05) is 12.2 Å². The van der Waals surface area contributed by atoms with Crippen LogP contribution in [-0.4, -0.2) is 13.2 Å². The molecule has 0 saturated carbocycles. The fraction of sp³-hybridized carbons (Fsp3) is 0.455. The summed E-state index contributed by atoms with van der Waals surface area (Å²) in [5.74, 6) is -1.76. The zero-order valence-electron chi connectivity index (χ0n) is 8.67. The first-order chi connectivity index (χ1) is 7.16. The van der Waals surface area contributed by atoms with Gasteiger partial charge in [-0.15, -0.1) is 0 Å². The molecule has 0 radical (unpaired) electrons. The van der Waals surface area contributed by atoms with Crippen molar-refractivity contribution < 1.29 is 13.5 Å². The molecule has 15 heavy (non-hydrogen) atoms. The molecule has 0 amide bonds. The van der Waals surface area contributed by atoms with E-state index >= 15 is 0 Å². The third kappa shape index (κ3) is 3.25. The standard InChI is InChI=1S/C11H15F2NO/c1-2-6-15-7-10(14)8-4-3-5-9(12)11(8)13/h3-5,10H,2,6-7,14H2,1H3. The Labute approximate surface area is 88.0 Å². The Morgan fingerprint density at radius 2 is 2.13 bits per heavy atom. The second-order valence-corrected chi connectivity index (χ2v) is 3.32. The number of hydrogen-bond acceptors (Lipinski definition) is 2. The van der Waals surface area contributed by atoms with Gasteiger partial charge in [-0.1, -0.05) is 19.1 Å². The molecule has 0 saturated heterocycles. The Morgan fingerprint density at radius 1 is 1.40 bits per heavy atom. The molecule has 0 aliphatic carbocycles. The SMILES string of the molecule is CCCOCC(N)c1cccc(F)c1F. The number of benzene rings is 1. The minimum Gasteiger partial charge on any atom is -0.379 e. The molecule has 0 spiro atoms. The van der Waals surface area contributed by atoms with Gasteiger partial charge >= 0.3 is 0 Å². The lowest BCUT2D eigenvalue weighted by molar-refractivity contribution is 0.120. The summed E-state index contributed by atoms with van der Waals surface area (Å²) in [5, 5.41) is 0. The average molecular weight is 215 g/mol. The zero-order valence-corrected chi connectivity index (χ0v) is 8.67. The van der Waals surface area contributed by atoms with Crippen LogP contribution in [0, 0.1) is 11.6 Å². The maximum atomic E-state index is 13.3. The van der Waals surface area contributed by atoms with Crippen molar-refractivity contribution in [2.24, 2.45) is 5.73 Å². The van der Waals surface area contributed by atoms with Gasteiger partial charge in [-0.3, -0.25) is 0 Å². The number of nitrogens with two attached hydrogens (primary N) is 1. The molecule has 1 aromatic carbocycles. The van der Waals surface area contributed by atoms with Gasteiger partial charge in [-0.05, 0) is 12.5 Å². The van der Waals surface area contributed by atoms with Crippen LogP contribution in [-0.2, 0) is 4.74 Å². The molecule has 4 heteroatoms. The van der Waals surface area contributed by atoms with E-state index in [-0.39, 0.29) is 12.2 Å². The van der Waals surface area contributed by atoms with Crippen molar-refractivity contribution >= 4 is 0 Å². The number of hydrogen-bond donors (Lipinski definition) is 1. The van der Waals surface area contributed by atoms with Gasteiger partial charge in [-0.25, -0.2) is 8.78 Å². The topological polar surface area (TPSA) is 35.2 Å². The Kier molecular flexibility index (Phi) is 4.65. The van der Waals surface area contributed by atoms with Crippen molar-refractivity contribution in [3.05, 3.63) is 35.4 Å². The summed E-state index contributed by atoms with van der Waals surface area (Å²) in [6.07, 6.45) is 0.873. The Morgan fingerprint density at radius 3 is 2.80 bits per heavy atom. The van der Waals surface area contributed by atoms with E-state index in [4.69, 9.17) is 10.5 Å². The molecule has 0 aromatic heterocycles. The maximum Gasteiger partial charge on any atom is 0.163 e. The molecule has 2 nitrogen and oxygen atoms in total. The lowest BCUT2D eigenvalue weighted by Crippen LogP contribution is -2.19. The maximum absolute atomic E-state index is 13.3. The predicted molar refractivity (Wildman–Crippen MR) is 54.4 cm³/mol. The third-order valence-electron chi connectivity index (χ3n) is 2.03. The smallest absolute Gasteiger partial charge is 0.163 e. The number of ether oxygens (including phenoxy) is 1. The summed E-state index contributed by atoms with van der Waals surface area (Å²) in [7, 11) is 0.